The minimum atomic E-state index is -0.272. The lowest BCUT2D eigenvalue weighted by atomic mass is 9.96. The van der Waals surface area contributed by atoms with E-state index in [-0.39, 0.29) is 23.6 Å². The highest BCUT2D eigenvalue weighted by molar-refractivity contribution is 5.93. The molecule has 0 radical (unpaired) electrons. The van der Waals surface area contributed by atoms with Gasteiger partial charge >= 0.3 is 0 Å². The lowest BCUT2D eigenvalue weighted by Gasteiger charge is -2.24. The fraction of sp³-hybridized carbons (Fsp3) is 0.222. The van der Waals surface area contributed by atoms with Gasteiger partial charge in [-0.15, -0.1) is 0 Å². The molecular formula is C27H23FN4O3. The second-order valence-corrected chi connectivity index (χ2v) is 8.90. The van der Waals surface area contributed by atoms with E-state index < -0.39 is 0 Å². The van der Waals surface area contributed by atoms with Crippen LogP contribution in [0.2, 0.25) is 0 Å². The molecule has 6 rings (SSSR count). The number of carbonyl (C=O) groups excluding carboxylic acids is 1. The van der Waals surface area contributed by atoms with Crippen LogP contribution in [0.5, 0.6) is 17.2 Å². The molecule has 1 saturated carbocycles. The predicted molar refractivity (Wildman–Crippen MR) is 128 cm³/mol. The lowest BCUT2D eigenvalue weighted by Crippen LogP contribution is -2.20. The topological polar surface area (TPSA) is 89.1 Å². The molecule has 0 bridgehead atoms. The second-order valence-electron chi connectivity index (χ2n) is 8.90. The van der Waals surface area contributed by atoms with Crippen LogP contribution < -0.4 is 14.8 Å². The van der Waals surface area contributed by atoms with Crippen molar-refractivity contribution < 1.29 is 18.7 Å². The van der Waals surface area contributed by atoms with Gasteiger partial charge in [-0.1, -0.05) is 0 Å². The van der Waals surface area contributed by atoms with Crippen LogP contribution in [-0.4, -0.2) is 27.5 Å². The Bertz CT molecular complexity index is 1380. The zero-order valence-electron chi connectivity index (χ0n) is 18.8. The molecule has 1 amide bonds. The molecule has 3 heterocycles. The van der Waals surface area contributed by atoms with Gasteiger partial charge in [-0.05, 0) is 73.4 Å². The number of halogens is 1. The third kappa shape index (κ3) is 4.73. The third-order valence-corrected chi connectivity index (χ3v) is 6.23. The summed E-state index contributed by atoms with van der Waals surface area (Å²) >= 11 is 0. The number of anilines is 1. The van der Waals surface area contributed by atoms with E-state index in [0.29, 0.717) is 23.9 Å². The largest absolute Gasteiger partial charge is 0.493 e. The van der Waals surface area contributed by atoms with E-state index in [2.05, 4.69) is 15.3 Å². The average molecular weight is 471 g/mol. The van der Waals surface area contributed by atoms with Crippen LogP contribution in [0.15, 0.2) is 67.0 Å². The Kier molecular flexibility index (Phi) is 5.41. The first-order valence-electron chi connectivity index (χ1n) is 11.6. The summed E-state index contributed by atoms with van der Waals surface area (Å²) in [5, 5.41) is 2.84. The summed E-state index contributed by atoms with van der Waals surface area (Å²) in [5.74, 6) is 3.29. The quantitative estimate of drug-likeness (QED) is 0.390. The maximum atomic E-state index is 13.2. The number of imidazole rings is 1. The highest BCUT2D eigenvalue weighted by Gasteiger charge is 2.30. The molecule has 2 aromatic heterocycles. The van der Waals surface area contributed by atoms with Crippen molar-refractivity contribution in [1.82, 2.24) is 15.0 Å². The fourth-order valence-corrected chi connectivity index (χ4v) is 4.18. The zero-order valence-corrected chi connectivity index (χ0v) is 18.8. The molecule has 4 aromatic rings. The van der Waals surface area contributed by atoms with Crippen LogP contribution in [0.25, 0.3) is 11.3 Å². The number of rotatable bonds is 6. The minimum absolute atomic E-state index is 0.00660. The van der Waals surface area contributed by atoms with Gasteiger partial charge in [0, 0.05) is 29.9 Å². The van der Waals surface area contributed by atoms with Crippen molar-refractivity contribution in [2.75, 3.05) is 11.9 Å². The maximum absolute atomic E-state index is 13.2. The van der Waals surface area contributed by atoms with E-state index in [1.807, 2.05) is 24.4 Å². The number of carbonyl (C=O) groups is 1. The first-order chi connectivity index (χ1) is 17.1. The van der Waals surface area contributed by atoms with Crippen molar-refractivity contribution >= 4 is 11.7 Å². The molecule has 1 aliphatic heterocycles. The SMILES string of the molecule is O=C(Nc1cc(Oc2ccc3c(c2)CC(c2nc(-c4ccc(F)cc4)c[nH]2)CO3)ccn1)C1CC1. The molecule has 2 aliphatic rings. The normalized spacial score (nSPS) is 16.8. The van der Waals surface area contributed by atoms with Crippen molar-refractivity contribution in [3.05, 3.63) is 84.2 Å². The van der Waals surface area contributed by atoms with Gasteiger partial charge in [-0.2, -0.15) is 0 Å². The predicted octanol–water partition coefficient (Wildman–Crippen LogP) is 5.47. The van der Waals surface area contributed by atoms with Crippen molar-refractivity contribution in [3.8, 4) is 28.5 Å². The summed E-state index contributed by atoms with van der Waals surface area (Å²) in [7, 11) is 0. The molecule has 0 saturated heterocycles. The van der Waals surface area contributed by atoms with Crippen molar-refractivity contribution in [3.63, 3.8) is 0 Å². The molecule has 1 aliphatic carbocycles. The van der Waals surface area contributed by atoms with Gasteiger partial charge in [-0.25, -0.2) is 14.4 Å². The van der Waals surface area contributed by atoms with Crippen molar-refractivity contribution in [2.24, 2.45) is 5.92 Å². The number of aromatic nitrogens is 3. The number of hydrogen-bond donors (Lipinski definition) is 2. The number of ether oxygens (including phenoxy) is 2. The van der Waals surface area contributed by atoms with Crippen LogP contribution in [-0.2, 0) is 11.2 Å². The molecule has 1 unspecified atom stereocenters. The Hall–Kier alpha value is -4.20. The number of benzene rings is 2. The van der Waals surface area contributed by atoms with Gasteiger partial charge in [0.15, 0.2) is 0 Å². The molecule has 2 N–H and O–H groups in total. The summed E-state index contributed by atoms with van der Waals surface area (Å²) < 4.78 is 25.3. The van der Waals surface area contributed by atoms with E-state index in [9.17, 15) is 9.18 Å². The Morgan fingerprint density at radius 3 is 2.74 bits per heavy atom. The smallest absolute Gasteiger partial charge is 0.228 e. The fourth-order valence-electron chi connectivity index (χ4n) is 4.18. The number of pyridine rings is 1. The highest BCUT2D eigenvalue weighted by atomic mass is 19.1. The van der Waals surface area contributed by atoms with Gasteiger partial charge in [-0.3, -0.25) is 4.79 Å². The number of fused-ring (bicyclic) bond motifs is 1. The highest BCUT2D eigenvalue weighted by Crippen LogP contribution is 2.36. The van der Waals surface area contributed by atoms with Crippen LogP contribution in [0.3, 0.4) is 0 Å². The Morgan fingerprint density at radius 1 is 1.09 bits per heavy atom. The van der Waals surface area contributed by atoms with Crippen LogP contribution >= 0.6 is 0 Å². The Morgan fingerprint density at radius 2 is 1.91 bits per heavy atom. The van der Waals surface area contributed by atoms with Crippen LogP contribution in [0.4, 0.5) is 10.2 Å². The van der Waals surface area contributed by atoms with Crippen LogP contribution in [0, 0.1) is 11.7 Å². The third-order valence-electron chi connectivity index (χ3n) is 6.23. The average Bonchev–Trinajstić information content (AvgIpc) is 3.61. The minimum Gasteiger partial charge on any atom is -0.493 e. The zero-order chi connectivity index (χ0) is 23.8. The summed E-state index contributed by atoms with van der Waals surface area (Å²) in [6.45, 7) is 0.512. The standard InChI is InChI=1S/C27H23FN4O3/c28-20-5-3-16(4-6-20)23-14-30-26(31-23)19-11-18-12-21(7-8-24(18)34-15-19)35-22-9-10-29-25(13-22)32-27(33)17-1-2-17/h3-10,12-14,17,19H,1-2,11,15H2,(H,30,31)(H,29,32,33). The van der Waals surface area contributed by atoms with Gasteiger partial charge in [0.1, 0.15) is 34.7 Å². The molecule has 7 nitrogen and oxygen atoms in total. The van der Waals surface area contributed by atoms with E-state index >= 15 is 0 Å². The molecule has 0 spiro atoms. The Balaban J connectivity index is 1.16. The van der Waals surface area contributed by atoms with Gasteiger partial charge in [0.05, 0.1) is 18.2 Å². The number of aromatic amines is 1. The first kappa shape index (κ1) is 21.3. The van der Waals surface area contributed by atoms with Crippen molar-refractivity contribution in [2.45, 2.75) is 25.2 Å². The number of H-pyrrole nitrogens is 1. The summed E-state index contributed by atoms with van der Waals surface area (Å²) in [6.07, 6.45) is 6.06. The number of amides is 1. The van der Waals surface area contributed by atoms with Crippen molar-refractivity contribution in [1.29, 1.82) is 0 Å². The Labute approximate surface area is 201 Å². The van der Waals surface area contributed by atoms with E-state index in [1.165, 1.54) is 12.1 Å². The molecule has 35 heavy (non-hydrogen) atoms. The van der Waals surface area contributed by atoms with E-state index in [0.717, 1.165) is 47.7 Å². The molecule has 1 fully saturated rings. The maximum Gasteiger partial charge on any atom is 0.228 e. The van der Waals surface area contributed by atoms with E-state index in [4.69, 9.17) is 14.5 Å². The monoisotopic (exact) mass is 470 g/mol. The molecule has 1 atom stereocenters. The van der Waals surface area contributed by atoms with Gasteiger partial charge in [0.2, 0.25) is 5.91 Å². The molecule has 8 heteroatoms. The summed E-state index contributed by atoms with van der Waals surface area (Å²) in [4.78, 5) is 24.2. The molecular weight excluding hydrogens is 447 g/mol. The molecule has 2 aromatic carbocycles. The van der Waals surface area contributed by atoms with Gasteiger partial charge in [0.25, 0.3) is 0 Å². The number of nitrogens with zero attached hydrogens (tertiary/aromatic N) is 2. The van der Waals surface area contributed by atoms with E-state index in [1.54, 1.807) is 30.5 Å². The first-order valence-corrected chi connectivity index (χ1v) is 11.6. The van der Waals surface area contributed by atoms with Crippen LogP contribution in [0.1, 0.15) is 30.1 Å². The second kappa shape index (κ2) is 8.87. The summed E-state index contributed by atoms with van der Waals surface area (Å²) in [5.41, 5.74) is 2.65. The number of nitrogens with one attached hydrogen (secondary N) is 2. The number of hydrogen-bond acceptors (Lipinski definition) is 5. The molecule has 176 valence electrons. The van der Waals surface area contributed by atoms with Gasteiger partial charge < -0.3 is 19.8 Å². The lowest BCUT2D eigenvalue weighted by molar-refractivity contribution is -0.117. The summed E-state index contributed by atoms with van der Waals surface area (Å²) in [6, 6.07) is 15.5.